The fraction of sp³-hybridized carbons (Fsp3) is 0.438. The predicted molar refractivity (Wildman–Crippen MR) is 92.3 cm³/mol. The Kier molecular flexibility index (Phi) is 4.90. The van der Waals surface area contributed by atoms with Crippen LogP contribution in [0.25, 0.3) is 11.1 Å². The maximum Gasteiger partial charge on any atom is 0.143 e. The van der Waals surface area contributed by atoms with E-state index in [0.717, 1.165) is 48.5 Å². The van der Waals surface area contributed by atoms with Crippen molar-refractivity contribution < 1.29 is 4.74 Å². The molecule has 6 heteroatoms. The van der Waals surface area contributed by atoms with Gasteiger partial charge in [-0.15, -0.1) is 0 Å². The number of nitrogens with one attached hydrogen (secondary N) is 2. The van der Waals surface area contributed by atoms with Gasteiger partial charge in [-0.1, -0.05) is 18.0 Å². The van der Waals surface area contributed by atoms with E-state index in [1.165, 1.54) is 0 Å². The van der Waals surface area contributed by atoms with Gasteiger partial charge in [-0.2, -0.15) is 5.10 Å². The molecule has 2 aromatic rings. The summed E-state index contributed by atoms with van der Waals surface area (Å²) in [5.41, 5.74) is 3.22. The first kappa shape index (κ1) is 15.2. The molecule has 0 amide bonds. The Hall–Kier alpha value is -1.66. The van der Waals surface area contributed by atoms with E-state index >= 15 is 0 Å². The zero-order chi connectivity index (χ0) is 15.4. The highest BCUT2D eigenvalue weighted by molar-refractivity contribution is 7.96. The molecule has 1 aliphatic rings. The number of H-pyrrole nitrogens is 1. The van der Waals surface area contributed by atoms with E-state index in [-0.39, 0.29) is 6.10 Å². The molecule has 2 N–H and O–H groups in total. The third-order valence-electron chi connectivity index (χ3n) is 4.04. The van der Waals surface area contributed by atoms with E-state index < -0.39 is 0 Å². The lowest BCUT2D eigenvalue weighted by molar-refractivity contribution is 0.140. The molecule has 1 fully saturated rings. The van der Waals surface area contributed by atoms with Crippen molar-refractivity contribution in [3.05, 3.63) is 30.6 Å². The predicted octanol–water partition coefficient (Wildman–Crippen LogP) is 3.24. The molecule has 1 saturated heterocycles. The van der Waals surface area contributed by atoms with Crippen LogP contribution in [-0.4, -0.2) is 47.0 Å². The number of hydrogen-bond donors (Lipinski definition) is 2. The number of nitrogens with zero attached hydrogens (tertiary/aromatic N) is 2. The number of piperidine rings is 1. The van der Waals surface area contributed by atoms with Crippen molar-refractivity contribution in [3.8, 4) is 16.9 Å². The standard InChI is InChI=1S/C16H22N4OS/c1-17-15-4-3-12(13-10-18-19-11-13)9-16(15)21-14-5-7-20(22-2)8-6-14/h3-4,9-11,14,17H,5-8H2,1-2H3,(H,18,19). The molecule has 0 unspecified atom stereocenters. The van der Waals surface area contributed by atoms with E-state index in [1.54, 1.807) is 0 Å². The molecule has 1 aromatic carbocycles. The van der Waals surface area contributed by atoms with Crippen LogP contribution in [0.2, 0.25) is 0 Å². The van der Waals surface area contributed by atoms with E-state index in [1.807, 2.05) is 31.4 Å². The summed E-state index contributed by atoms with van der Waals surface area (Å²) >= 11 is 1.82. The normalized spacial score (nSPS) is 16.6. The van der Waals surface area contributed by atoms with Gasteiger partial charge >= 0.3 is 0 Å². The van der Waals surface area contributed by atoms with Gasteiger partial charge < -0.3 is 10.1 Å². The molecule has 1 aromatic heterocycles. The highest BCUT2D eigenvalue weighted by Gasteiger charge is 2.21. The number of anilines is 1. The molecule has 0 bridgehead atoms. The van der Waals surface area contributed by atoms with E-state index in [9.17, 15) is 0 Å². The molecule has 1 aliphatic heterocycles. The first-order chi connectivity index (χ1) is 10.8. The molecule has 0 aliphatic carbocycles. The molecule has 118 valence electrons. The smallest absolute Gasteiger partial charge is 0.143 e. The Morgan fingerprint density at radius 3 is 2.77 bits per heavy atom. The molecule has 5 nitrogen and oxygen atoms in total. The highest BCUT2D eigenvalue weighted by Crippen LogP contribution is 2.32. The number of rotatable bonds is 5. The Bertz CT molecular complexity index is 594. The number of ether oxygens (including phenoxy) is 1. The highest BCUT2D eigenvalue weighted by atomic mass is 32.2. The lowest BCUT2D eigenvalue weighted by Gasteiger charge is -2.30. The number of aromatic nitrogens is 2. The quantitative estimate of drug-likeness (QED) is 0.829. The van der Waals surface area contributed by atoms with Gasteiger partial charge in [0.2, 0.25) is 0 Å². The zero-order valence-electron chi connectivity index (χ0n) is 13.0. The molecule has 3 rings (SSSR count). The third-order valence-corrected chi connectivity index (χ3v) is 4.92. The van der Waals surface area contributed by atoms with Gasteiger partial charge in [0.25, 0.3) is 0 Å². The van der Waals surface area contributed by atoms with Gasteiger partial charge in [-0.25, -0.2) is 0 Å². The first-order valence-electron chi connectivity index (χ1n) is 7.57. The molecule has 22 heavy (non-hydrogen) atoms. The number of hydrogen-bond acceptors (Lipinski definition) is 5. The average Bonchev–Trinajstić information content (AvgIpc) is 3.10. The summed E-state index contributed by atoms with van der Waals surface area (Å²) in [6.45, 7) is 2.17. The van der Waals surface area contributed by atoms with Gasteiger partial charge in [-0.3, -0.25) is 9.40 Å². The van der Waals surface area contributed by atoms with Crippen molar-refractivity contribution in [3.63, 3.8) is 0 Å². The van der Waals surface area contributed by atoms with Crippen molar-refractivity contribution in [2.75, 3.05) is 31.7 Å². The minimum absolute atomic E-state index is 0.287. The van der Waals surface area contributed by atoms with Gasteiger partial charge in [0.1, 0.15) is 11.9 Å². The fourth-order valence-electron chi connectivity index (χ4n) is 2.73. The summed E-state index contributed by atoms with van der Waals surface area (Å²) in [4.78, 5) is 0. The van der Waals surface area contributed by atoms with Crippen LogP contribution >= 0.6 is 11.9 Å². The topological polar surface area (TPSA) is 53.2 Å². The molecule has 0 atom stereocenters. The Labute approximate surface area is 135 Å². The van der Waals surface area contributed by atoms with Crippen molar-refractivity contribution in [1.82, 2.24) is 14.5 Å². The summed E-state index contributed by atoms with van der Waals surface area (Å²) in [5, 5.41) is 10.1. The van der Waals surface area contributed by atoms with Crippen LogP contribution in [0.4, 0.5) is 5.69 Å². The molecule has 0 spiro atoms. The van der Waals surface area contributed by atoms with Crippen molar-refractivity contribution in [2.24, 2.45) is 0 Å². The summed E-state index contributed by atoms with van der Waals surface area (Å²) < 4.78 is 8.67. The van der Waals surface area contributed by atoms with Crippen LogP contribution < -0.4 is 10.1 Å². The van der Waals surface area contributed by atoms with Crippen LogP contribution in [0, 0.1) is 0 Å². The molecule has 0 radical (unpaired) electrons. The van der Waals surface area contributed by atoms with Gasteiger partial charge in [0.05, 0.1) is 11.9 Å². The lowest BCUT2D eigenvalue weighted by Crippen LogP contribution is -2.34. The second kappa shape index (κ2) is 7.07. The number of aromatic amines is 1. The molecular weight excluding hydrogens is 296 g/mol. The Morgan fingerprint density at radius 1 is 1.32 bits per heavy atom. The number of benzene rings is 1. The first-order valence-corrected chi connectivity index (χ1v) is 8.75. The van der Waals surface area contributed by atoms with Crippen LogP contribution in [0.5, 0.6) is 5.75 Å². The summed E-state index contributed by atoms with van der Waals surface area (Å²) in [6, 6.07) is 6.24. The van der Waals surface area contributed by atoms with Gasteiger partial charge in [0, 0.05) is 31.9 Å². The fourth-order valence-corrected chi connectivity index (χ4v) is 3.30. The maximum absolute atomic E-state index is 6.28. The van der Waals surface area contributed by atoms with E-state index in [2.05, 4.69) is 44.3 Å². The summed E-state index contributed by atoms with van der Waals surface area (Å²) in [7, 11) is 1.93. The van der Waals surface area contributed by atoms with Crippen LogP contribution in [-0.2, 0) is 0 Å². The monoisotopic (exact) mass is 318 g/mol. The zero-order valence-corrected chi connectivity index (χ0v) is 13.8. The SMILES string of the molecule is CNc1ccc(-c2cn[nH]c2)cc1OC1CCN(SC)CC1. The second-order valence-electron chi connectivity index (χ2n) is 5.38. The van der Waals surface area contributed by atoms with E-state index in [0.29, 0.717) is 0 Å². The van der Waals surface area contributed by atoms with E-state index in [4.69, 9.17) is 4.74 Å². The molecular formula is C16H22N4OS. The van der Waals surface area contributed by atoms with Gasteiger partial charge in [0.15, 0.2) is 0 Å². The van der Waals surface area contributed by atoms with Crippen LogP contribution in [0.1, 0.15) is 12.8 Å². The largest absolute Gasteiger partial charge is 0.488 e. The van der Waals surface area contributed by atoms with Gasteiger partial charge in [-0.05, 0) is 36.8 Å². The van der Waals surface area contributed by atoms with Crippen molar-refractivity contribution in [2.45, 2.75) is 18.9 Å². The average molecular weight is 318 g/mol. The summed E-state index contributed by atoms with van der Waals surface area (Å²) in [6.07, 6.45) is 8.29. The lowest BCUT2D eigenvalue weighted by atomic mass is 10.1. The molecule has 2 heterocycles. The summed E-state index contributed by atoms with van der Waals surface area (Å²) in [5.74, 6) is 0.920. The van der Waals surface area contributed by atoms with Crippen molar-refractivity contribution in [1.29, 1.82) is 0 Å². The maximum atomic E-state index is 6.28. The van der Waals surface area contributed by atoms with Crippen LogP contribution in [0.3, 0.4) is 0 Å². The van der Waals surface area contributed by atoms with Crippen LogP contribution in [0.15, 0.2) is 30.6 Å². The second-order valence-corrected chi connectivity index (χ2v) is 6.26. The third kappa shape index (κ3) is 3.39. The minimum Gasteiger partial charge on any atom is -0.488 e. The van der Waals surface area contributed by atoms with Crippen molar-refractivity contribution >= 4 is 17.6 Å². The minimum atomic E-state index is 0.287. The Balaban J connectivity index is 1.75. The Morgan fingerprint density at radius 2 is 2.14 bits per heavy atom. The molecule has 0 saturated carbocycles.